The Morgan fingerprint density at radius 1 is 1.07 bits per heavy atom. The molecule has 0 aromatic heterocycles. The molecule has 2 aromatic rings. The van der Waals surface area contributed by atoms with Gasteiger partial charge in [-0.3, -0.25) is 0 Å². The van der Waals surface area contributed by atoms with Gasteiger partial charge >= 0.3 is 5.51 Å². The van der Waals surface area contributed by atoms with Crippen molar-refractivity contribution in [2.45, 2.75) is 35.7 Å². The van der Waals surface area contributed by atoms with Crippen LogP contribution in [0.1, 0.15) is 24.0 Å². The predicted molar refractivity (Wildman–Crippen MR) is 101 cm³/mol. The normalized spacial score (nSPS) is 21.5. The molecular weight excluding hydrogens is 395 g/mol. The zero-order valence-corrected chi connectivity index (χ0v) is 16.4. The summed E-state index contributed by atoms with van der Waals surface area (Å²) >= 11 is -0.164. The first-order chi connectivity index (χ1) is 12.7. The summed E-state index contributed by atoms with van der Waals surface area (Å²) in [7, 11) is -3.93. The van der Waals surface area contributed by atoms with Gasteiger partial charge in [0.15, 0.2) is 0 Å². The lowest BCUT2D eigenvalue weighted by Crippen LogP contribution is -2.47. The number of rotatable bonds is 5. The second kappa shape index (κ2) is 7.48. The maximum atomic E-state index is 13.3. The fourth-order valence-electron chi connectivity index (χ4n) is 3.51. The minimum atomic E-state index is -4.43. The Labute approximate surface area is 161 Å². The second-order valence-corrected chi connectivity index (χ2v) is 9.53. The van der Waals surface area contributed by atoms with Crippen LogP contribution in [-0.2, 0) is 15.6 Å². The molecule has 3 rings (SSSR count). The lowest BCUT2D eigenvalue weighted by atomic mass is 9.90. The van der Waals surface area contributed by atoms with Crippen molar-refractivity contribution in [3.8, 4) is 0 Å². The highest BCUT2D eigenvalue weighted by Gasteiger charge is 2.50. The fraction of sp³-hybridized carbons (Fsp3) is 0.368. The number of hydrogen-bond donors (Lipinski definition) is 0. The first kappa shape index (κ1) is 20.2. The van der Waals surface area contributed by atoms with Gasteiger partial charge in [-0.1, -0.05) is 48.0 Å². The van der Waals surface area contributed by atoms with E-state index in [4.69, 9.17) is 0 Å². The van der Waals surface area contributed by atoms with Crippen LogP contribution < -0.4 is 0 Å². The van der Waals surface area contributed by atoms with E-state index in [1.165, 1.54) is 16.4 Å². The molecule has 1 fully saturated rings. The van der Waals surface area contributed by atoms with Crippen LogP contribution in [0.5, 0.6) is 0 Å². The van der Waals surface area contributed by atoms with E-state index in [1.54, 1.807) is 42.5 Å². The highest BCUT2D eigenvalue weighted by Crippen LogP contribution is 2.47. The molecule has 8 heteroatoms. The van der Waals surface area contributed by atoms with Crippen molar-refractivity contribution in [2.24, 2.45) is 0 Å². The number of sulfonamides is 1. The minimum Gasteiger partial charge on any atom is -0.207 e. The number of alkyl halides is 3. The summed E-state index contributed by atoms with van der Waals surface area (Å²) in [4.78, 5) is 0.104. The van der Waals surface area contributed by atoms with E-state index >= 15 is 0 Å². The van der Waals surface area contributed by atoms with Crippen LogP contribution in [-0.4, -0.2) is 30.5 Å². The summed E-state index contributed by atoms with van der Waals surface area (Å²) in [5.41, 5.74) is -4.14. The Hall–Kier alpha value is -1.51. The molecule has 1 saturated heterocycles. The molecule has 1 aliphatic rings. The summed E-state index contributed by atoms with van der Waals surface area (Å²) < 4.78 is 66.8. The standard InChI is InChI=1S/C19H20F3NO2S2/c1-15-8-10-17(11-9-15)27(24,25)23-13-5-12-18(23,14-26-19(20,21)22)16-6-3-2-4-7-16/h2-4,6-11H,5,12-14H2,1H3. The first-order valence-corrected chi connectivity index (χ1v) is 10.9. The molecule has 3 nitrogen and oxygen atoms in total. The maximum Gasteiger partial charge on any atom is 0.441 e. The van der Waals surface area contributed by atoms with Gasteiger partial charge in [0.25, 0.3) is 0 Å². The van der Waals surface area contributed by atoms with E-state index in [0.29, 0.717) is 18.4 Å². The molecule has 27 heavy (non-hydrogen) atoms. The molecule has 1 atom stereocenters. The molecule has 0 radical (unpaired) electrons. The third-order valence-corrected chi connectivity index (χ3v) is 7.75. The topological polar surface area (TPSA) is 37.4 Å². The van der Waals surface area contributed by atoms with Crippen molar-refractivity contribution in [1.29, 1.82) is 0 Å². The maximum absolute atomic E-state index is 13.3. The molecule has 1 unspecified atom stereocenters. The number of hydrogen-bond acceptors (Lipinski definition) is 3. The lowest BCUT2D eigenvalue weighted by Gasteiger charge is -2.38. The Morgan fingerprint density at radius 2 is 1.70 bits per heavy atom. The average molecular weight is 416 g/mol. The summed E-state index contributed by atoms with van der Waals surface area (Å²) in [6, 6.07) is 15.0. The van der Waals surface area contributed by atoms with E-state index in [0.717, 1.165) is 5.56 Å². The number of halogens is 3. The Balaban J connectivity index is 2.07. The molecule has 0 N–H and O–H groups in total. The Bertz CT molecular complexity index is 883. The number of aryl methyl sites for hydroxylation is 1. The van der Waals surface area contributed by atoms with Crippen LogP contribution in [0.25, 0.3) is 0 Å². The molecule has 0 saturated carbocycles. The quantitative estimate of drug-likeness (QED) is 0.695. The molecule has 0 aliphatic carbocycles. The van der Waals surface area contributed by atoms with Crippen LogP contribution in [0, 0.1) is 6.92 Å². The molecule has 0 bridgehead atoms. The van der Waals surface area contributed by atoms with Crippen molar-refractivity contribution in [1.82, 2.24) is 4.31 Å². The fourth-order valence-corrected chi connectivity index (χ4v) is 6.28. The molecule has 2 aromatic carbocycles. The van der Waals surface area contributed by atoms with Crippen molar-refractivity contribution in [2.75, 3.05) is 12.3 Å². The third-order valence-electron chi connectivity index (χ3n) is 4.82. The second-order valence-electron chi connectivity index (χ2n) is 6.63. The predicted octanol–water partition coefficient (Wildman–Crippen LogP) is 4.93. The molecule has 0 spiro atoms. The van der Waals surface area contributed by atoms with Gasteiger partial charge in [0.2, 0.25) is 10.0 Å². The van der Waals surface area contributed by atoms with E-state index in [9.17, 15) is 21.6 Å². The number of benzene rings is 2. The smallest absolute Gasteiger partial charge is 0.207 e. The van der Waals surface area contributed by atoms with Crippen molar-refractivity contribution < 1.29 is 21.6 Å². The van der Waals surface area contributed by atoms with Gasteiger partial charge in [0.1, 0.15) is 0 Å². The highest BCUT2D eigenvalue weighted by molar-refractivity contribution is 8.00. The summed E-state index contributed by atoms with van der Waals surface area (Å²) in [5.74, 6) is -0.369. The monoisotopic (exact) mass is 415 g/mol. The molecule has 1 aliphatic heterocycles. The summed E-state index contributed by atoms with van der Waals surface area (Å²) in [6.07, 6.45) is 0.865. The Morgan fingerprint density at radius 3 is 2.30 bits per heavy atom. The van der Waals surface area contributed by atoms with Crippen LogP contribution in [0.3, 0.4) is 0 Å². The zero-order chi connectivity index (χ0) is 19.7. The first-order valence-electron chi connectivity index (χ1n) is 8.51. The van der Waals surface area contributed by atoms with E-state index in [1.807, 2.05) is 6.92 Å². The molecule has 1 heterocycles. The SMILES string of the molecule is Cc1ccc(S(=O)(=O)N2CCCC2(CSC(F)(F)F)c2ccccc2)cc1. The molecular formula is C19H20F3NO2S2. The summed E-state index contributed by atoms with van der Waals surface area (Å²) in [5, 5.41) is 0. The largest absolute Gasteiger partial charge is 0.441 e. The van der Waals surface area contributed by atoms with Gasteiger partial charge in [0, 0.05) is 12.3 Å². The minimum absolute atomic E-state index is 0.104. The third kappa shape index (κ3) is 4.17. The lowest BCUT2D eigenvalue weighted by molar-refractivity contribution is -0.0333. The van der Waals surface area contributed by atoms with Crippen LogP contribution in [0.15, 0.2) is 59.5 Å². The van der Waals surface area contributed by atoms with Crippen molar-refractivity contribution in [3.05, 3.63) is 65.7 Å². The van der Waals surface area contributed by atoms with Gasteiger partial charge in [-0.2, -0.15) is 17.5 Å². The van der Waals surface area contributed by atoms with Gasteiger partial charge in [-0.25, -0.2) is 8.42 Å². The number of nitrogens with zero attached hydrogens (tertiary/aromatic N) is 1. The van der Waals surface area contributed by atoms with Crippen molar-refractivity contribution >= 4 is 21.8 Å². The van der Waals surface area contributed by atoms with Gasteiger partial charge in [-0.05, 0) is 49.2 Å². The van der Waals surface area contributed by atoms with Crippen LogP contribution in [0.4, 0.5) is 13.2 Å². The van der Waals surface area contributed by atoms with Gasteiger partial charge < -0.3 is 0 Å². The van der Waals surface area contributed by atoms with E-state index in [2.05, 4.69) is 0 Å². The molecule has 0 amide bonds. The summed E-state index contributed by atoms with van der Waals surface area (Å²) in [6.45, 7) is 2.05. The van der Waals surface area contributed by atoms with Gasteiger partial charge in [0.05, 0.1) is 10.4 Å². The van der Waals surface area contributed by atoms with E-state index < -0.39 is 21.1 Å². The van der Waals surface area contributed by atoms with Crippen LogP contribution in [0.2, 0.25) is 0 Å². The average Bonchev–Trinajstić information content (AvgIpc) is 3.07. The van der Waals surface area contributed by atoms with Gasteiger partial charge in [-0.15, -0.1) is 0 Å². The van der Waals surface area contributed by atoms with Crippen LogP contribution >= 0.6 is 11.8 Å². The van der Waals surface area contributed by atoms with E-state index in [-0.39, 0.29) is 29.0 Å². The highest BCUT2D eigenvalue weighted by atomic mass is 32.2. The zero-order valence-electron chi connectivity index (χ0n) is 14.7. The van der Waals surface area contributed by atoms with Crippen molar-refractivity contribution in [3.63, 3.8) is 0 Å². The molecule has 146 valence electrons. The number of thioether (sulfide) groups is 1. The Kier molecular flexibility index (Phi) is 5.61.